The van der Waals surface area contributed by atoms with Gasteiger partial charge in [-0.1, -0.05) is 24.3 Å². The Kier molecular flexibility index (Phi) is 1.49. The van der Waals surface area contributed by atoms with Gasteiger partial charge in [-0.3, -0.25) is 0 Å². The van der Waals surface area contributed by atoms with Crippen molar-refractivity contribution in [1.29, 1.82) is 0 Å². The predicted molar refractivity (Wildman–Crippen MR) is 48.3 cm³/mol. The van der Waals surface area contributed by atoms with Crippen LogP contribution < -0.4 is 0 Å². The molecule has 0 heteroatoms. The molecule has 0 aromatic carbocycles. The molecule has 2 rings (SSSR count). The van der Waals surface area contributed by atoms with Crippen molar-refractivity contribution in [2.24, 2.45) is 11.8 Å². The first kappa shape index (κ1) is 6.90. The molecule has 11 heavy (non-hydrogen) atoms. The number of allylic oxidation sites excluding steroid dienone is 6. The number of rotatable bonds is 0. The van der Waals surface area contributed by atoms with Crippen molar-refractivity contribution in [2.75, 3.05) is 0 Å². The van der Waals surface area contributed by atoms with E-state index in [0.717, 1.165) is 11.8 Å². The largest absolute Gasteiger partial charge is 0.0836 e. The summed E-state index contributed by atoms with van der Waals surface area (Å²) < 4.78 is 0. The number of fused-ring (bicyclic) bond motifs is 2. The van der Waals surface area contributed by atoms with Crippen LogP contribution in [0.4, 0.5) is 0 Å². The van der Waals surface area contributed by atoms with Crippen LogP contribution in [0.15, 0.2) is 35.5 Å². The van der Waals surface area contributed by atoms with Crippen LogP contribution in [0.2, 0.25) is 0 Å². The maximum absolute atomic E-state index is 2.35. The van der Waals surface area contributed by atoms with Crippen LogP contribution >= 0.6 is 0 Å². The Labute approximate surface area is 68.3 Å². The quantitative estimate of drug-likeness (QED) is 0.461. The summed E-state index contributed by atoms with van der Waals surface area (Å²) in [6.45, 7) is 4.29. The zero-order valence-electron chi connectivity index (χ0n) is 7.17. The molecule has 2 aliphatic carbocycles. The smallest absolute Gasteiger partial charge is 0.00265 e. The molecule has 0 nitrogen and oxygen atoms in total. The molecule has 2 unspecified atom stereocenters. The van der Waals surface area contributed by atoms with Crippen LogP contribution in [-0.2, 0) is 0 Å². The first-order chi connectivity index (χ1) is 5.36. The Morgan fingerprint density at radius 2 is 1.55 bits per heavy atom. The van der Waals surface area contributed by atoms with Crippen molar-refractivity contribution in [3.8, 4) is 0 Å². The summed E-state index contributed by atoms with van der Waals surface area (Å²) in [6, 6.07) is 0. The highest BCUT2D eigenvalue weighted by molar-refractivity contribution is 5.47. The van der Waals surface area contributed by atoms with Gasteiger partial charge >= 0.3 is 0 Å². The van der Waals surface area contributed by atoms with E-state index < -0.39 is 0 Å². The summed E-state index contributed by atoms with van der Waals surface area (Å²) in [5.74, 6) is 1.49. The van der Waals surface area contributed by atoms with Crippen LogP contribution in [0.3, 0.4) is 0 Å². The molecule has 0 aromatic rings. The molecule has 0 radical (unpaired) electrons. The molecule has 0 aromatic heterocycles. The standard InChI is InChI=1S/C11H14/c1-3-10-8-5-6-9(7-8)11(10)4-2/h3-6,8-9H,7H2,1-2H3/b10-3+,11-4?. The summed E-state index contributed by atoms with van der Waals surface area (Å²) in [4.78, 5) is 0. The fourth-order valence-electron chi connectivity index (χ4n) is 2.35. The van der Waals surface area contributed by atoms with Crippen molar-refractivity contribution < 1.29 is 0 Å². The van der Waals surface area contributed by atoms with E-state index in [1.165, 1.54) is 6.42 Å². The van der Waals surface area contributed by atoms with E-state index >= 15 is 0 Å². The van der Waals surface area contributed by atoms with Crippen molar-refractivity contribution in [3.05, 3.63) is 35.5 Å². The van der Waals surface area contributed by atoms with Gasteiger partial charge < -0.3 is 0 Å². The summed E-state index contributed by atoms with van der Waals surface area (Å²) in [7, 11) is 0. The van der Waals surface area contributed by atoms with Gasteiger partial charge in [-0.15, -0.1) is 0 Å². The third-order valence-electron chi connectivity index (χ3n) is 2.84. The van der Waals surface area contributed by atoms with Crippen LogP contribution in [0.5, 0.6) is 0 Å². The van der Waals surface area contributed by atoms with E-state index in [1.54, 1.807) is 11.1 Å². The lowest BCUT2D eigenvalue weighted by Gasteiger charge is -2.11. The molecule has 58 valence electrons. The summed E-state index contributed by atoms with van der Waals surface area (Å²) in [6.07, 6.45) is 10.6. The van der Waals surface area contributed by atoms with Gasteiger partial charge in [0.1, 0.15) is 0 Å². The Bertz CT molecular complexity index is 227. The van der Waals surface area contributed by atoms with Gasteiger partial charge in [-0.05, 0) is 31.4 Å². The molecule has 2 atom stereocenters. The lowest BCUT2D eigenvalue weighted by Crippen LogP contribution is -1.95. The lowest BCUT2D eigenvalue weighted by atomic mass is 9.95. The Morgan fingerprint density at radius 3 is 1.91 bits per heavy atom. The molecular formula is C11H14. The van der Waals surface area contributed by atoms with Crippen molar-refractivity contribution in [1.82, 2.24) is 0 Å². The third-order valence-corrected chi connectivity index (χ3v) is 2.84. The monoisotopic (exact) mass is 146 g/mol. The molecule has 0 saturated heterocycles. The van der Waals surface area contributed by atoms with Gasteiger partial charge in [0.25, 0.3) is 0 Å². The molecule has 0 N–H and O–H groups in total. The topological polar surface area (TPSA) is 0 Å². The molecule has 2 bridgehead atoms. The first-order valence-electron chi connectivity index (χ1n) is 4.38. The van der Waals surface area contributed by atoms with Gasteiger partial charge in [-0.25, -0.2) is 0 Å². The predicted octanol–water partition coefficient (Wildman–Crippen LogP) is 3.08. The van der Waals surface area contributed by atoms with E-state index in [0.29, 0.717) is 0 Å². The molecule has 0 heterocycles. The zero-order valence-corrected chi connectivity index (χ0v) is 7.17. The van der Waals surface area contributed by atoms with Crippen LogP contribution in [0.25, 0.3) is 0 Å². The molecule has 0 spiro atoms. The van der Waals surface area contributed by atoms with Gasteiger partial charge in [0.2, 0.25) is 0 Å². The first-order valence-corrected chi connectivity index (χ1v) is 4.38. The summed E-state index contributed by atoms with van der Waals surface area (Å²) >= 11 is 0. The maximum Gasteiger partial charge on any atom is 0.00265 e. The fourth-order valence-corrected chi connectivity index (χ4v) is 2.35. The lowest BCUT2D eigenvalue weighted by molar-refractivity contribution is 0.735. The van der Waals surface area contributed by atoms with Crippen LogP contribution in [0, 0.1) is 11.8 Å². The van der Waals surface area contributed by atoms with Gasteiger partial charge in [0.05, 0.1) is 0 Å². The van der Waals surface area contributed by atoms with Crippen molar-refractivity contribution in [2.45, 2.75) is 20.3 Å². The average molecular weight is 146 g/mol. The molecular weight excluding hydrogens is 132 g/mol. The van der Waals surface area contributed by atoms with Crippen LogP contribution in [-0.4, -0.2) is 0 Å². The van der Waals surface area contributed by atoms with E-state index in [1.807, 2.05) is 0 Å². The Hall–Kier alpha value is -0.780. The van der Waals surface area contributed by atoms with Gasteiger partial charge in [-0.2, -0.15) is 0 Å². The maximum atomic E-state index is 2.35. The highest BCUT2D eigenvalue weighted by Gasteiger charge is 2.33. The molecule has 1 saturated carbocycles. The SMILES string of the molecule is CC=C1/C(=C/C)C2C=CC1C2. The minimum atomic E-state index is 0.746. The fraction of sp³-hybridized carbons (Fsp3) is 0.455. The van der Waals surface area contributed by atoms with E-state index in [2.05, 4.69) is 38.2 Å². The summed E-state index contributed by atoms with van der Waals surface area (Å²) in [5.41, 5.74) is 3.14. The highest BCUT2D eigenvalue weighted by atomic mass is 14.4. The highest BCUT2D eigenvalue weighted by Crippen LogP contribution is 2.46. The Morgan fingerprint density at radius 1 is 1.09 bits per heavy atom. The van der Waals surface area contributed by atoms with E-state index in [9.17, 15) is 0 Å². The second-order valence-electron chi connectivity index (χ2n) is 3.32. The second kappa shape index (κ2) is 2.37. The van der Waals surface area contributed by atoms with Crippen molar-refractivity contribution >= 4 is 0 Å². The van der Waals surface area contributed by atoms with Gasteiger partial charge in [0, 0.05) is 11.8 Å². The third kappa shape index (κ3) is 0.819. The molecule has 0 aliphatic heterocycles. The minimum Gasteiger partial charge on any atom is -0.0836 e. The molecule has 1 fully saturated rings. The number of hydrogen-bond donors (Lipinski definition) is 0. The molecule has 2 aliphatic rings. The van der Waals surface area contributed by atoms with Crippen molar-refractivity contribution in [3.63, 3.8) is 0 Å². The van der Waals surface area contributed by atoms with E-state index in [-0.39, 0.29) is 0 Å². The van der Waals surface area contributed by atoms with E-state index in [4.69, 9.17) is 0 Å². The Balaban J connectivity index is 2.44. The molecule has 0 amide bonds. The van der Waals surface area contributed by atoms with Crippen LogP contribution in [0.1, 0.15) is 20.3 Å². The normalized spacial score (nSPS) is 41.3. The zero-order chi connectivity index (χ0) is 7.84. The second-order valence-corrected chi connectivity index (χ2v) is 3.32. The summed E-state index contributed by atoms with van der Waals surface area (Å²) in [5, 5.41) is 0. The van der Waals surface area contributed by atoms with Gasteiger partial charge in [0.15, 0.2) is 0 Å². The minimum absolute atomic E-state index is 0.746. The number of hydrogen-bond acceptors (Lipinski definition) is 0. The average Bonchev–Trinajstić information content (AvgIpc) is 2.60.